The maximum absolute atomic E-state index is 13.1. The lowest BCUT2D eigenvalue weighted by molar-refractivity contribution is -0.0353. The van der Waals surface area contributed by atoms with Crippen LogP contribution in [-0.4, -0.2) is 50.6 Å². The maximum Gasteiger partial charge on any atom is 0.407 e. The minimum atomic E-state index is -0.287. The number of aryl methyl sites for hydroxylation is 1. The van der Waals surface area contributed by atoms with Gasteiger partial charge in [0.2, 0.25) is 0 Å². The molecule has 1 unspecified atom stereocenters. The van der Waals surface area contributed by atoms with Gasteiger partial charge in [-0.1, -0.05) is 38.1 Å². The van der Waals surface area contributed by atoms with E-state index in [9.17, 15) is 4.79 Å². The third-order valence-corrected chi connectivity index (χ3v) is 7.90. The summed E-state index contributed by atoms with van der Waals surface area (Å²) in [5.74, 6) is 1.27. The second-order valence-electron chi connectivity index (χ2n) is 10.6. The van der Waals surface area contributed by atoms with Gasteiger partial charge < -0.3 is 19.5 Å². The minimum absolute atomic E-state index is 0.00912. The topological polar surface area (TPSA) is 60.0 Å². The van der Waals surface area contributed by atoms with E-state index in [4.69, 9.17) is 14.2 Å². The summed E-state index contributed by atoms with van der Waals surface area (Å²) < 4.78 is 16.6. The van der Waals surface area contributed by atoms with Gasteiger partial charge in [0, 0.05) is 13.7 Å². The van der Waals surface area contributed by atoms with Gasteiger partial charge in [0.05, 0.1) is 6.04 Å². The summed E-state index contributed by atoms with van der Waals surface area (Å²) in [6.45, 7) is 7.83. The summed E-state index contributed by atoms with van der Waals surface area (Å²) in [5, 5.41) is 3.27. The lowest BCUT2D eigenvalue weighted by atomic mass is 9.70. The lowest BCUT2D eigenvalue weighted by Gasteiger charge is -2.44. The zero-order valence-electron chi connectivity index (χ0n) is 20.5. The summed E-state index contributed by atoms with van der Waals surface area (Å²) in [6, 6.07) is 14.5. The van der Waals surface area contributed by atoms with Crippen molar-refractivity contribution in [3.05, 3.63) is 53.6 Å². The number of benzene rings is 2. The number of piperidine rings is 3. The van der Waals surface area contributed by atoms with Crippen LogP contribution in [0.1, 0.15) is 50.3 Å². The molecule has 6 nitrogen and oxygen atoms in total. The molecule has 3 aliphatic heterocycles. The van der Waals surface area contributed by atoms with E-state index in [0.717, 1.165) is 62.2 Å². The Bertz CT molecular complexity index is 1030. The average molecular weight is 465 g/mol. The highest BCUT2D eigenvalue weighted by Crippen LogP contribution is 2.45. The number of ether oxygens (including phenoxy) is 3. The van der Waals surface area contributed by atoms with Gasteiger partial charge in [0.25, 0.3) is 0 Å². The number of carbonyl (C=O) groups is 1. The van der Waals surface area contributed by atoms with Crippen molar-refractivity contribution in [2.75, 3.05) is 33.5 Å². The van der Waals surface area contributed by atoms with Gasteiger partial charge in [-0.05, 0) is 90.6 Å². The van der Waals surface area contributed by atoms with Crippen LogP contribution in [0.2, 0.25) is 0 Å². The molecule has 4 aliphatic rings. The Kier molecular flexibility index (Phi) is 6.54. The molecule has 3 fully saturated rings. The first-order chi connectivity index (χ1) is 16.4. The van der Waals surface area contributed by atoms with Crippen molar-refractivity contribution in [1.29, 1.82) is 0 Å². The molecular formula is C28H36N2O4. The first-order valence-electron chi connectivity index (χ1n) is 12.5. The number of rotatable bonds is 6. The highest BCUT2D eigenvalue weighted by atomic mass is 16.7. The van der Waals surface area contributed by atoms with Gasteiger partial charge in [0.1, 0.15) is 11.9 Å². The molecule has 0 saturated carbocycles. The molecule has 1 aliphatic carbocycles. The summed E-state index contributed by atoms with van der Waals surface area (Å²) >= 11 is 0. The van der Waals surface area contributed by atoms with Crippen LogP contribution in [0.25, 0.3) is 11.1 Å². The van der Waals surface area contributed by atoms with Crippen molar-refractivity contribution in [1.82, 2.24) is 10.2 Å². The number of alkyl carbamates (subject to hydrolysis) is 1. The molecule has 182 valence electrons. The summed E-state index contributed by atoms with van der Waals surface area (Å²) in [5.41, 5.74) is 4.60. The first kappa shape index (κ1) is 23.2. The van der Waals surface area contributed by atoms with Crippen LogP contribution in [0.4, 0.5) is 4.79 Å². The Labute approximate surface area is 202 Å². The molecule has 2 aromatic carbocycles. The second-order valence-corrected chi connectivity index (χ2v) is 10.6. The third kappa shape index (κ3) is 4.80. The van der Waals surface area contributed by atoms with E-state index in [0.29, 0.717) is 5.92 Å². The number of fused-ring (bicyclic) bond motifs is 4. The predicted molar refractivity (Wildman–Crippen MR) is 132 cm³/mol. The predicted octanol–water partition coefficient (Wildman–Crippen LogP) is 5.17. The van der Waals surface area contributed by atoms with Gasteiger partial charge in [0.15, 0.2) is 6.79 Å². The van der Waals surface area contributed by atoms with Gasteiger partial charge in [-0.3, -0.25) is 4.90 Å². The van der Waals surface area contributed by atoms with Crippen LogP contribution >= 0.6 is 0 Å². The van der Waals surface area contributed by atoms with Crippen molar-refractivity contribution >= 4 is 6.09 Å². The SMILES string of the molecule is COCOc1cccc(-c2ccc3c(c2)C(NC(=O)O[C@@H]2CN4CCC2CC4)C(C)(C)CC3)c1. The van der Waals surface area contributed by atoms with E-state index >= 15 is 0 Å². The fourth-order valence-electron chi connectivity index (χ4n) is 5.79. The van der Waals surface area contributed by atoms with Crippen LogP contribution < -0.4 is 10.1 Å². The van der Waals surface area contributed by atoms with Crippen LogP contribution in [0.3, 0.4) is 0 Å². The number of nitrogens with one attached hydrogen (secondary N) is 1. The van der Waals surface area contributed by atoms with Crippen LogP contribution in [0.5, 0.6) is 5.75 Å². The Morgan fingerprint density at radius 2 is 1.91 bits per heavy atom. The zero-order chi connectivity index (χ0) is 23.7. The van der Waals surface area contributed by atoms with Gasteiger partial charge in [-0.25, -0.2) is 4.79 Å². The Morgan fingerprint density at radius 3 is 2.65 bits per heavy atom. The van der Waals surface area contributed by atoms with Crippen molar-refractivity contribution in [3.8, 4) is 16.9 Å². The molecule has 0 aromatic heterocycles. The molecule has 2 bridgehead atoms. The van der Waals surface area contributed by atoms with Crippen LogP contribution in [0.15, 0.2) is 42.5 Å². The average Bonchev–Trinajstić information content (AvgIpc) is 2.85. The van der Waals surface area contributed by atoms with Crippen molar-refractivity contribution < 1.29 is 19.0 Å². The van der Waals surface area contributed by atoms with Crippen molar-refractivity contribution in [2.24, 2.45) is 11.3 Å². The highest BCUT2D eigenvalue weighted by molar-refractivity contribution is 5.70. The summed E-state index contributed by atoms with van der Waals surface area (Å²) in [7, 11) is 1.61. The number of hydrogen-bond acceptors (Lipinski definition) is 5. The van der Waals surface area contributed by atoms with Crippen molar-refractivity contribution in [2.45, 2.75) is 51.7 Å². The Hall–Kier alpha value is -2.57. The molecule has 6 rings (SSSR count). The number of nitrogens with zero attached hydrogens (tertiary/aromatic N) is 1. The summed E-state index contributed by atoms with van der Waals surface area (Å²) in [6.07, 6.45) is 4.01. The van der Waals surface area contributed by atoms with E-state index in [1.165, 1.54) is 11.1 Å². The monoisotopic (exact) mass is 464 g/mol. The van der Waals surface area contributed by atoms with Crippen molar-refractivity contribution in [3.63, 3.8) is 0 Å². The number of hydrogen-bond donors (Lipinski definition) is 1. The summed E-state index contributed by atoms with van der Waals surface area (Å²) in [4.78, 5) is 15.5. The molecule has 0 spiro atoms. The fraction of sp³-hybridized carbons (Fsp3) is 0.536. The van der Waals surface area contributed by atoms with E-state index in [-0.39, 0.29) is 30.4 Å². The quantitative estimate of drug-likeness (QED) is 0.598. The molecule has 1 amide bonds. The van der Waals surface area contributed by atoms with Crippen LogP contribution in [0, 0.1) is 11.3 Å². The van der Waals surface area contributed by atoms with E-state index < -0.39 is 0 Å². The number of amides is 1. The molecular weight excluding hydrogens is 428 g/mol. The van der Waals surface area contributed by atoms with E-state index in [1.54, 1.807) is 7.11 Å². The normalized spacial score (nSPS) is 27.0. The van der Waals surface area contributed by atoms with Gasteiger partial charge >= 0.3 is 6.09 Å². The number of methoxy groups -OCH3 is 1. The molecule has 3 heterocycles. The third-order valence-electron chi connectivity index (χ3n) is 7.90. The molecule has 2 aromatic rings. The molecule has 2 atom stereocenters. The lowest BCUT2D eigenvalue weighted by Crippen LogP contribution is -2.53. The van der Waals surface area contributed by atoms with Gasteiger partial charge in [-0.2, -0.15) is 0 Å². The Balaban J connectivity index is 1.37. The maximum atomic E-state index is 13.1. The highest BCUT2D eigenvalue weighted by Gasteiger charge is 2.40. The molecule has 34 heavy (non-hydrogen) atoms. The zero-order valence-corrected chi connectivity index (χ0v) is 20.5. The Morgan fingerprint density at radius 1 is 1.12 bits per heavy atom. The molecule has 0 radical (unpaired) electrons. The molecule has 1 N–H and O–H groups in total. The number of carbonyl (C=O) groups excluding carboxylic acids is 1. The fourth-order valence-corrected chi connectivity index (χ4v) is 5.79. The smallest absolute Gasteiger partial charge is 0.407 e. The second kappa shape index (κ2) is 9.59. The molecule has 6 heteroatoms. The van der Waals surface area contributed by atoms with Crippen LogP contribution in [-0.2, 0) is 15.9 Å². The minimum Gasteiger partial charge on any atom is -0.468 e. The largest absolute Gasteiger partial charge is 0.468 e. The molecule has 3 saturated heterocycles. The van der Waals surface area contributed by atoms with Gasteiger partial charge in [-0.15, -0.1) is 0 Å². The van der Waals surface area contributed by atoms with E-state index in [2.05, 4.69) is 48.3 Å². The first-order valence-corrected chi connectivity index (χ1v) is 12.5. The standard InChI is InChI=1S/C28H36N2O4/c1-28(2)12-9-19-7-8-22(21-5-4-6-23(15-21)33-18-32-3)16-24(19)26(28)29-27(31)34-25-17-30-13-10-20(25)11-14-30/h4-8,15-16,20,25-26H,9-14,17-18H2,1-3H3,(H,29,31)/t25-,26?/m1/s1. The van der Waals surface area contributed by atoms with E-state index in [1.807, 2.05) is 18.2 Å².